The monoisotopic (exact) mass is 571 g/mol. The molecule has 6 rings (SSSR count). The maximum absolute atomic E-state index is 13.6. The van der Waals surface area contributed by atoms with Gasteiger partial charge in [0.05, 0.1) is 11.4 Å². The molecule has 3 N–H and O–H groups in total. The van der Waals surface area contributed by atoms with Crippen LogP contribution in [0.3, 0.4) is 0 Å². The number of nitrogens with one attached hydrogen (secondary N) is 3. The number of H-pyrrole nitrogens is 1. The largest absolute Gasteiger partial charge is 0.361 e. The third-order valence-corrected chi connectivity index (χ3v) is 7.43. The standard InChI is InChI=1S/C32H25N7O2S/c40-31(22-10-3-1-4-11-22)35-29(18-23-20-33-28-17-8-7-16-27(23)28)32(41)34-24-12-9-15-26(19-24)42-21-30-36-37-38-39(30)25-13-5-2-6-14-25/h1-20,33H,21H2,(H,34,41)(H,35,40)/b29-18+. The van der Waals surface area contributed by atoms with E-state index in [1.165, 1.54) is 0 Å². The van der Waals surface area contributed by atoms with Crippen molar-refractivity contribution in [3.63, 3.8) is 0 Å². The predicted octanol–water partition coefficient (Wildman–Crippen LogP) is 5.85. The molecule has 42 heavy (non-hydrogen) atoms. The van der Waals surface area contributed by atoms with Crippen LogP contribution in [0.4, 0.5) is 5.69 Å². The Labute approximate surface area is 245 Å². The molecule has 0 aliphatic carbocycles. The Morgan fingerprint density at radius 2 is 1.64 bits per heavy atom. The Kier molecular flexibility index (Phi) is 7.87. The number of fused-ring (bicyclic) bond motifs is 1. The van der Waals surface area contributed by atoms with Gasteiger partial charge in [-0.3, -0.25) is 9.59 Å². The Morgan fingerprint density at radius 3 is 2.48 bits per heavy atom. The lowest BCUT2D eigenvalue weighted by molar-refractivity contribution is -0.113. The first kappa shape index (κ1) is 26.7. The lowest BCUT2D eigenvalue weighted by atomic mass is 10.1. The lowest BCUT2D eigenvalue weighted by Crippen LogP contribution is -2.30. The minimum absolute atomic E-state index is 0.119. The smallest absolute Gasteiger partial charge is 0.272 e. The fourth-order valence-corrected chi connectivity index (χ4v) is 5.25. The molecule has 4 aromatic carbocycles. The molecule has 2 amide bonds. The van der Waals surface area contributed by atoms with E-state index in [0.29, 0.717) is 22.8 Å². The summed E-state index contributed by atoms with van der Waals surface area (Å²) < 4.78 is 1.70. The zero-order valence-electron chi connectivity index (χ0n) is 22.3. The van der Waals surface area contributed by atoms with Crippen molar-refractivity contribution in [2.24, 2.45) is 0 Å². The number of rotatable bonds is 9. The van der Waals surface area contributed by atoms with Gasteiger partial charge in [-0.2, -0.15) is 4.68 Å². The van der Waals surface area contributed by atoms with E-state index in [4.69, 9.17) is 0 Å². The summed E-state index contributed by atoms with van der Waals surface area (Å²) in [5.74, 6) is 0.406. The van der Waals surface area contributed by atoms with Gasteiger partial charge in [0, 0.05) is 38.8 Å². The van der Waals surface area contributed by atoms with Gasteiger partial charge in [0.1, 0.15) is 5.70 Å². The van der Waals surface area contributed by atoms with E-state index in [0.717, 1.165) is 27.0 Å². The van der Waals surface area contributed by atoms with Gasteiger partial charge in [0.15, 0.2) is 5.82 Å². The minimum atomic E-state index is -0.445. The summed E-state index contributed by atoms with van der Waals surface area (Å²) in [6.45, 7) is 0. The van der Waals surface area contributed by atoms with Gasteiger partial charge in [-0.15, -0.1) is 16.9 Å². The number of thioether (sulfide) groups is 1. The average molecular weight is 572 g/mol. The molecule has 2 heterocycles. The fraction of sp³-hybridized carbons (Fsp3) is 0.0312. The van der Waals surface area contributed by atoms with E-state index >= 15 is 0 Å². The first-order valence-corrected chi connectivity index (χ1v) is 14.1. The van der Waals surface area contributed by atoms with Crippen molar-refractivity contribution >= 4 is 46.2 Å². The second kappa shape index (κ2) is 12.4. The molecule has 10 heteroatoms. The van der Waals surface area contributed by atoms with Crippen molar-refractivity contribution in [2.45, 2.75) is 10.6 Å². The first-order valence-electron chi connectivity index (χ1n) is 13.2. The molecule has 0 aliphatic rings. The SMILES string of the molecule is O=C(Nc1cccc(SCc2nnnn2-c2ccccc2)c1)/C(=C\c1c[nH]c2ccccc12)NC(=O)c1ccccc1. The van der Waals surface area contributed by atoms with E-state index in [1.54, 1.807) is 52.9 Å². The number of carbonyl (C=O) groups excluding carboxylic acids is 2. The van der Waals surface area contributed by atoms with Crippen molar-refractivity contribution in [3.05, 3.63) is 138 Å². The molecule has 0 atom stereocenters. The van der Waals surface area contributed by atoms with Crippen LogP contribution >= 0.6 is 11.8 Å². The molecule has 0 saturated carbocycles. The molecule has 0 unspecified atom stereocenters. The van der Waals surface area contributed by atoms with Crippen LogP contribution in [0.2, 0.25) is 0 Å². The molecule has 2 aromatic heterocycles. The summed E-state index contributed by atoms with van der Waals surface area (Å²) in [7, 11) is 0. The van der Waals surface area contributed by atoms with Gasteiger partial charge in [-0.25, -0.2) is 0 Å². The van der Waals surface area contributed by atoms with Crippen LogP contribution in [0.25, 0.3) is 22.7 Å². The Balaban J connectivity index is 1.21. The second-order valence-electron chi connectivity index (χ2n) is 9.28. The van der Waals surface area contributed by atoms with Crippen LogP contribution in [0.1, 0.15) is 21.7 Å². The van der Waals surface area contributed by atoms with Crippen LogP contribution in [-0.2, 0) is 10.5 Å². The summed E-state index contributed by atoms with van der Waals surface area (Å²) in [6, 6.07) is 33.8. The number of anilines is 1. The number of aromatic nitrogens is 5. The number of hydrogen-bond acceptors (Lipinski definition) is 6. The molecular formula is C32H25N7O2S. The second-order valence-corrected chi connectivity index (χ2v) is 10.3. The van der Waals surface area contributed by atoms with Gasteiger partial charge in [-0.1, -0.05) is 60.7 Å². The topological polar surface area (TPSA) is 118 Å². The Bertz CT molecular complexity index is 1880. The van der Waals surface area contributed by atoms with E-state index in [-0.39, 0.29) is 11.6 Å². The van der Waals surface area contributed by atoms with Crippen LogP contribution < -0.4 is 10.6 Å². The fourth-order valence-electron chi connectivity index (χ4n) is 4.39. The summed E-state index contributed by atoms with van der Waals surface area (Å²) >= 11 is 1.55. The van der Waals surface area contributed by atoms with Crippen molar-refractivity contribution in [2.75, 3.05) is 5.32 Å². The van der Waals surface area contributed by atoms with E-state index < -0.39 is 5.91 Å². The molecule has 0 saturated heterocycles. The average Bonchev–Trinajstić information content (AvgIpc) is 3.68. The normalized spacial score (nSPS) is 11.4. The zero-order valence-corrected chi connectivity index (χ0v) is 23.1. The highest BCUT2D eigenvalue weighted by molar-refractivity contribution is 7.98. The number of aromatic amines is 1. The number of nitrogens with zero attached hydrogens (tertiary/aromatic N) is 4. The van der Waals surface area contributed by atoms with Crippen molar-refractivity contribution in [1.29, 1.82) is 0 Å². The molecule has 0 fully saturated rings. The third kappa shape index (κ3) is 6.13. The highest BCUT2D eigenvalue weighted by Crippen LogP contribution is 2.26. The van der Waals surface area contributed by atoms with Gasteiger partial charge in [0.25, 0.3) is 11.8 Å². The minimum Gasteiger partial charge on any atom is -0.361 e. The van der Waals surface area contributed by atoms with Gasteiger partial charge < -0.3 is 15.6 Å². The van der Waals surface area contributed by atoms with E-state index in [2.05, 4.69) is 31.1 Å². The Hall–Kier alpha value is -5.48. The maximum atomic E-state index is 13.6. The van der Waals surface area contributed by atoms with Crippen LogP contribution in [0.15, 0.2) is 126 Å². The molecule has 0 radical (unpaired) electrons. The summed E-state index contributed by atoms with van der Waals surface area (Å²) in [5, 5.41) is 18.8. The number of tetrazole rings is 1. The molecule has 0 spiro atoms. The molecule has 9 nitrogen and oxygen atoms in total. The van der Waals surface area contributed by atoms with Crippen molar-refractivity contribution < 1.29 is 9.59 Å². The van der Waals surface area contributed by atoms with Crippen LogP contribution in [0.5, 0.6) is 0 Å². The zero-order chi connectivity index (χ0) is 28.7. The number of amides is 2. The number of hydrogen-bond donors (Lipinski definition) is 3. The van der Waals surface area contributed by atoms with Gasteiger partial charge in [0.2, 0.25) is 0 Å². The molecule has 206 valence electrons. The quantitative estimate of drug-likeness (QED) is 0.148. The Morgan fingerprint density at radius 1 is 0.881 bits per heavy atom. The van der Waals surface area contributed by atoms with E-state index in [1.807, 2.05) is 85.1 Å². The summed E-state index contributed by atoms with van der Waals surface area (Å²) in [6.07, 6.45) is 3.49. The molecule has 0 bridgehead atoms. The summed E-state index contributed by atoms with van der Waals surface area (Å²) in [4.78, 5) is 30.7. The molecular weight excluding hydrogens is 546 g/mol. The van der Waals surface area contributed by atoms with Crippen molar-refractivity contribution in [1.82, 2.24) is 30.5 Å². The molecule has 0 aliphatic heterocycles. The summed E-state index contributed by atoms with van der Waals surface area (Å²) in [5.41, 5.74) is 3.75. The molecule has 6 aromatic rings. The lowest BCUT2D eigenvalue weighted by Gasteiger charge is -2.12. The van der Waals surface area contributed by atoms with Crippen molar-refractivity contribution in [3.8, 4) is 5.69 Å². The van der Waals surface area contributed by atoms with E-state index in [9.17, 15) is 9.59 Å². The number of carbonyl (C=O) groups is 2. The van der Waals surface area contributed by atoms with Crippen LogP contribution in [0, 0.1) is 0 Å². The highest BCUT2D eigenvalue weighted by atomic mass is 32.2. The third-order valence-electron chi connectivity index (χ3n) is 6.44. The van der Waals surface area contributed by atoms with Gasteiger partial charge >= 0.3 is 0 Å². The highest BCUT2D eigenvalue weighted by Gasteiger charge is 2.17. The predicted molar refractivity (Wildman–Crippen MR) is 164 cm³/mol. The first-order chi connectivity index (χ1) is 20.6. The number of para-hydroxylation sites is 2. The van der Waals surface area contributed by atoms with Crippen LogP contribution in [-0.4, -0.2) is 37.0 Å². The maximum Gasteiger partial charge on any atom is 0.272 e. The van der Waals surface area contributed by atoms with Gasteiger partial charge in [-0.05, 0) is 65.0 Å². The number of benzene rings is 4.